The van der Waals surface area contributed by atoms with E-state index < -0.39 is 5.60 Å². The third-order valence-electron chi connectivity index (χ3n) is 5.43. The molecule has 3 rings (SSSR count). The number of fused-ring (bicyclic) bond motifs is 1. The Labute approximate surface area is 147 Å². The van der Waals surface area contributed by atoms with E-state index in [1.807, 2.05) is 13.8 Å². The van der Waals surface area contributed by atoms with Gasteiger partial charge in [-0.2, -0.15) is 0 Å². The highest BCUT2D eigenvalue weighted by molar-refractivity contribution is 5.23. The Morgan fingerprint density at radius 2 is 1.67 bits per heavy atom. The second-order valence-corrected chi connectivity index (χ2v) is 8.32. The summed E-state index contributed by atoms with van der Waals surface area (Å²) in [7, 11) is 2.24. The van der Waals surface area contributed by atoms with Crippen LogP contribution in [0.25, 0.3) is 0 Å². The van der Waals surface area contributed by atoms with Crippen LogP contribution in [0.5, 0.6) is 0 Å². The fourth-order valence-corrected chi connectivity index (χ4v) is 3.84. The average Bonchev–Trinajstić information content (AvgIpc) is 2.53. The van der Waals surface area contributed by atoms with Crippen molar-refractivity contribution >= 4 is 0 Å². The molecule has 1 aromatic carbocycles. The van der Waals surface area contributed by atoms with Crippen LogP contribution in [0.2, 0.25) is 0 Å². The molecule has 24 heavy (non-hydrogen) atoms. The zero-order valence-corrected chi connectivity index (χ0v) is 15.5. The van der Waals surface area contributed by atoms with E-state index in [1.165, 1.54) is 50.4 Å². The second kappa shape index (κ2) is 7.52. The number of likely N-dealkylation sites (N-methyl/N-ethyl adjacent to an activating group) is 1. The first-order chi connectivity index (χ1) is 11.4. The summed E-state index contributed by atoms with van der Waals surface area (Å²) >= 11 is 0. The topological polar surface area (TPSA) is 30.0 Å². The predicted octanol–water partition coefficient (Wildman–Crippen LogP) is 1.82. The highest BCUT2D eigenvalue weighted by Gasteiger charge is 2.30. The minimum Gasteiger partial charge on any atom is -0.390 e. The van der Waals surface area contributed by atoms with Crippen molar-refractivity contribution in [2.45, 2.75) is 44.9 Å². The molecule has 1 N–H and O–H groups in total. The molecule has 0 aliphatic carbocycles. The van der Waals surface area contributed by atoms with Crippen molar-refractivity contribution in [3.05, 3.63) is 35.4 Å². The third kappa shape index (κ3) is 5.03. The molecule has 0 unspecified atom stereocenters. The van der Waals surface area contributed by atoms with Gasteiger partial charge in [0.05, 0.1) is 5.60 Å². The van der Waals surface area contributed by atoms with E-state index in [9.17, 15) is 5.11 Å². The van der Waals surface area contributed by atoms with E-state index in [0.29, 0.717) is 6.04 Å². The second-order valence-electron chi connectivity index (χ2n) is 8.32. The number of rotatable bonds is 5. The van der Waals surface area contributed by atoms with E-state index in [2.05, 4.69) is 46.0 Å². The van der Waals surface area contributed by atoms with E-state index in [4.69, 9.17) is 0 Å². The summed E-state index contributed by atoms with van der Waals surface area (Å²) in [6, 6.07) is 9.68. The molecule has 2 saturated heterocycles. The molecule has 134 valence electrons. The number of aryl methyl sites for hydroxylation is 1. The summed E-state index contributed by atoms with van der Waals surface area (Å²) in [6.45, 7) is 12.0. The van der Waals surface area contributed by atoms with Gasteiger partial charge in [0.15, 0.2) is 0 Å². The highest BCUT2D eigenvalue weighted by Crippen LogP contribution is 2.18. The van der Waals surface area contributed by atoms with Gasteiger partial charge in [-0.15, -0.1) is 0 Å². The van der Waals surface area contributed by atoms with Crippen LogP contribution < -0.4 is 0 Å². The summed E-state index contributed by atoms with van der Waals surface area (Å²) in [4.78, 5) is 7.73. The van der Waals surface area contributed by atoms with Gasteiger partial charge in [0.25, 0.3) is 0 Å². The van der Waals surface area contributed by atoms with Crippen LogP contribution in [-0.4, -0.2) is 77.8 Å². The summed E-state index contributed by atoms with van der Waals surface area (Å²) in [5.41, 5.74) is 2.14. The van der Waals surface area contributed by atoms with Crippen molar-refractivity contribution in [1.82, 2.24) is 14.7 Å². The van der Waals surface area contributed by atoms with E-state index in [-0.39, 0.29) is 0 Å². The number of piperazine rings is 2. The SMILES string of the molecule is CN1CCN2CCN(Cc3ccc(CCC(C)(C)O)cc3)C[C@@H]2C1. The van der Waals surface area contributed by atoms with Crippen molar-refractivity contribution in [3.8, 4) is 0 Å². The van der Waals surface area contributed by atoms with Crippen LogP contribution in [-0.2, 0) is 13.0 Å². The van der Waals surface area contributed by atoms with Crippen LogP contribution in [0, 0.1) is 0 Å². The lowest BCUT2D eigenvalue weighted by Crippen LogP contribution is -2.60. The first-order valence-corrected chi connectivity index (χ1v) is 9.34. The maximum atomic E-state index is 9.85. The largest absolute Gasteiger partial charge is 0.390 e. The maximum Gasteiger partial charge on any atom is 0.0594 e. The molecule has 2 heterocycles. The Kier molecular flexibility index (Phi) is 5.60. The van der Waals surface area contributed by atoms with E-state index >= 15 is 0 Å². The number of nitrogens with zero attached hydrogens (tertiary/aromatic N) is 3. The molecule has 4 nitrogen and oxygen atoms in total. The third-order valence-corrected chi connectivity index (χ3v) is 5.43. The number of hydrogen-bond donors (Lipinski definition) is 1. The minimum atomic E-state index is -0.578. The van der Waals surface area contributed by atoms with Gasteiger partial charge in [0.1, 0.15) is 0 Å². The average molecular weight is 332 g/mol. The molecule has 1 atom stereocenters. The molecule has 0 saturated carbocycles. The van der Waals surface area contributed by atoms with Gasteiger partial charge in [-0.05, 0) is 44.9 Å². The molecule has 0 aromatic heterocycles. The fourth-order valence-electron chi connectivity index (χ4n) is 3.84. The zero-order chi connectivity index (χ0) is 17.2. The van der Waals surface area contributed by atoms with Crippen molar-refractivity contribution < 1.29 is 5.11 Å². The number of benzene rings is 1. The van der Waals surface area contributed by atoms with Crippen molar-refractivity contribution in [2.24, 2.45) is 0 Å². The fraction of sp³-hybridized carbons (Fsp3) is 0.700. The minimum absolute atomic E-state index is 0.578. The van der Waals surface area contributed by atoms with Gasteiger partial charge in [-0.1, -0.05) is 24.3 Å². The number of aliphatic hydroxyl groups is 1. The quantitative estimate of drug-likeness (QED) is 0.891. The predicted molar refractivity (Wildman–Crippen MR) is 99.2 cm³/mol. The van der Waals surface area contributed by atoms with Gasteiger partial charge >= 0.3 is 0 Å². The van der Waals surface area contributed by atoms with Crippen LogP contribution in [0.4, 0.5) is 0 Å². The molecule has 2 aliphatic heterocycles. The Morgan fingerprint density at radius 3 is 2.38 bits per heavy atom. The maximum absolute atomic E-state index is 9.85. The standard InChI is InChI=1S/C20H33N3O/c1-20(2,24)9-8-17-4-6-18(7-5-17)14-22-11-13-23-12-10-21(3)15-19(23)16-22/h4-7,19,24H,8-16H2,1-3H3/t19-/m0/s1. The Morgan fingerprint density at radius 1 is 1.00 bits per heavy atom. The van der Waals surface area contributed by atoms with Crippen LogP contribution in [0.3, 0.4) is 0 Å². The van der Waals surface area contributed by atoms with E-state index in [1.54, 1.807) is 0 Å². The first kappa shape index (κ1) is 17.9. The number of hydrogen-bond acceptors (Lipinski definition) is 4. The van der Waals surface area contributed by atoms with Gasteiger partial charge in [-0.3, -0.25) is 9.80 Å². The first-order valence-electron chi connectivity index (χ1n) is 9.34. The van der Waals surface area contributed by atoms with Gasteiger partial charge < -0.3 is 10.0 Å². The summed E-state index contributed by atoms with van der Waals surface area (Å²) in [6.07, 6.45) is 1.75. The summed E-state index contributed by atoms with van der Waals surface area (Å²) in [5.74, 6) is 0. The van der Waals surface area contributed by atoms with Crippen LogP contribution in [0.15, 0.2) is 24.3 Å². The molecule has 0 radical (unpaired) electrons. The Hall–Kier alpha value is -0.940. The smallest absolute Gasteiger partial charge is 0.0594 e. The molecule has 0 bridgehead atoms. The van der Waals surface area contributed by atoms with Gasteiger partial charge in [-0.25, -0.2) is 0 Å². The molecule has 1 aromatic rings. The summed E-state index contributed by atoms with van der Waals surface area (Å²) in [5, 5.41) is 9.85. The lowest BCUT2D eigenvalue weighted by molar-refractivity contribution is 0.0175. The zero-order valence-electron chi connectivity index (χ0n) is 15.5. The molecular weight excluding hydrogens is 298 g/mol. The molecule has 0 amide bonds. The van der Waals surface area contributed by atoms with Gasteiger partial charge in [0, 0.05) is 51.9 Å². The normalized spacial score (nSPS) is 24.1. The van der Waals surface area contributed by atoms with Crippen molar-refractivity contribution in [2.75, 3.05) is 46.3 Å². The van der Waals surface area contributed by atoms with Gasteiger partial charge in [0.2, 0.25) is 0 Å². The lowest BCUT2D eigenvalue weighted by Gasteiger charge is -2.46. The highest BCUT2D eigenvalue weighted by atomic mass is 16.3. The Bertz CT molecular complexity index is 523. The Balaban J connectivity index is 1.51. The molecule has 2 aliphatic rings. The van der Waals surface area contributed by atoms with Crippen molar-refractivity contribution in [3.63, 3.8) is 0 Å². The summed E-state index contributed by atoms with van der Waals surface area (Å²) < 4.78 is 0. The molecule has 4 heteroatoms. The van der Waals surface area contributed by atoms with Crippen LogP contribution >= 0.6 is 0 Å². The van der Waals surface area contributed by atoms with Crippen LogP contribution in [0.1, 0.15) is 31.4 Å². The van der Waals surface area contributed by atoms with E-state index in [0.717, 1.165) is 19.4 Å². The lowest BCUT2D eigenvalue weighted by atomic mass is 9.98. The molecule has 0 spiro atoms. The monoisotopic (exact) mass is 331 g/mol. The molecular formula is C20H33N3O. The van der Waals surface area contributed by atoms with Crippen molar-refractivity contribution in [1.29, 1.82) is 0 Å². The molecule has 2 fully saturated rings.